The number of unbranched alkanes of at least 4 members (excludes halogenated alkanes) is 6. The first-order chi connectivity index (χ1) is 13.4. The molecule has 1 aromatic carbocycles. The molecular weight excluding hydrogens is 374 g/mol. The summed E-state index contributed by atoms with van der Waals surface area (Å²) in [7, 11) is 0. The first kappa shape index (κ1) is 24.5. The van der Waals surface area contributed by atoms with Gasteiger partial charge in [-0.05, 0) is 44.7 Å². The molecule has 0 heterocycles. The maximum atomic E-state index is 12.7. The minimum atomic E-state index is -0.389. The number of anilines is 1. The van der Waals surface area contributed by atoms with Crippen LogP contribution in [0.2, 0.25) is 0 Å². The number of alkyl halides is 1. The van der Waals surface area contributed by atoms with Crippen LogP contribution in [0.5, 0.6) is 0 Å². The van der Waals surface area contributed by atoms with E-state index in [2.05, 4.69) is 12.2 Å². The van der Waals surface area contributed by atoms with Gasteiger partial charge in [-0.1, -0.05) is 57.6 Å². The predicted octanol–water partition coefficient (Wildman–Crippen LogP) is 6.72. The first-order valence-electron chi connectivity index (χ1n) is 10.7. The molecule has 0 bridgehead atoms. The van der Waals surface area contributed by atoms with E-state index in [1.54, 1.807) is 24.3 Å². The quantitative estimate of drug-likeness (QED) is 0.211. The monoisotopic (exact) mass is 409 g/mol. The Labute approximate surface area is 175 Å². The molecule has 1 rings (SSSR count). The summed E-state index contributed by atoms with van der Waals surface area (Å²) in [5.74, 6) is -0.602. The van der Waals surface area contributed by atoms with Gasteiger partial charge in [0.25, 0.3) is 0 Å². The average molecular weight is 410 g/mol. The van der Waals surface area contributed by atoms with Crippen molar-refractivity contribution in [2.75, 3.05) is 5.32 Å². The van der Waals surface area contributed by atoms with Crippen LogP contribution < -0.4 is 5.32 Å². The summed E-state index contributed by atoms with van der Waals surface area (Å²) >= 11 is 6.10. The van der Waals surface area contributed by atoms with Crippen molar-refractivity contribution in [3.8, 4) is 0 Å². The Kier molecular flexibility index (Phi) is 12.6. The van der Waals surface area contributed by atoms with Crippen molar-refractivity contribution in [2.24, 2.45) is 0 Å². The second-order valence-corrected chi connectivity index (χ2v) is 8.27. The van der Waals surface area contributed by atoms with E-state index in [1.165, 1.54) is 39.0 Å². The third-order valence-electron chi connectivity index (χ3n) is 4.75. The Morgan fingerprint density at radius 3 is 2.29 bits per heavy atom. The molecular formula is C23H36ClNO3. The number of hydrogen-bond acceptors (Lipinski definition) is 3. The minimum absolute atomic E-state index is 0.0573. The Bertz CT molecular complexity index is 589. The Hall–Kier alpha value is -1.55. The summed E-state index contributed by atoms with van der Waals surface area (Å²) in [4.78, 5) is 24.1. The molecule has 1 aromatic rings. The molecule has 1 N–H and O–H groups in total. The van der Waals surface area contributed by atoms with Crippen LogP contribution in [0.1, 0.15) is 95.3 Å². The highest BCUT2D eigenvalue weighted by Gasteiger charge is 2.19. The fourth-order valence-corrected chi connectivity index (χ4v) is 3.31. The van der Waals surface area contributed by atoms with Crippen LogP contribution >= 0.6 is 11.6 Å². The zero-order valence-corrected chi connectivity index (χ0v) is 18.4. The van der Waals surface area contributed by atoms with Crippen LogP contribution in [-0.4, -0.2) is 23.4 Å². The van der Waals surface area contributed by atoms with Crippen LogP contribution in [0.3, 0.4) is 0 Å². The Morgan fingerprint density at radius 1 is 1.00 bits per heavy atom. The van der Waals surface area contributed by atoms with E-state index in [0.717, 1.165) is 32.1 Å². The van der Waals surface area contributed by atoms with Gasteiger partial charge in [-0.15, -0.1) is 11.6 Å². The van der Waals surface area contributed by atoms with E-state index < -0.39 is 0 Å². The number of para-hydroxylation sites is 1. The number of carbonyl (C=O) groups is 2. The molecule has 5 heteroatoms. The van der Waals surface area contributed by atoms with Crippen molar-refractivity contribution >= 4 is 29.2 Å². The zero-order valence-electron chi connectivity index (χ0n) is 17.6. The molecule has 0 aliphatic rings. The predicted molar refractivity (Wildman–Crippen MR) is 117 cm³/mol. The lowest BCUT2D eigenvalue weighted by Gasteiger charge is -2.19. The molecule has 0 aliphatic heterocycles. The standard InChI is InChI=1S/C23H36ClNO3/c1-4-5-6-7-8-9-10-13-20(17-16-18(2)24)28-23(27)21-14-11-12-15-22(21)25-19(3)26/h11-12,14-15,18,20H,4-10,13,16-17H2,1-3H3,(H,25,26). The van der Waals surface area contributed by atoms with E-state index in [4.69, 9.17) is 16.3 Å². The van der Waals surface area contributed by atoms with E-state index >= 15 is 0 Å². The van der Waals surface area contributed by atoms with Crippen molar-refractivity contribution in [1.82, 2.24) is 0 Å². The number of halogens is 1. The second-order valence-electron chi connectivity index (χ2n) is 7.52. The number of hydrogen-bond donors (Lipinski definition) is 1. The molecule has 0 radical (unpaired) electrons. The summed E-state index contributed by atoms with van der Waals surface area (Å²) in [6.45, 7) is 5.61. The van der Waals surface area contributed by atoms with Crippen LogP contribution in [0.4, 0.5) is 5.69 Å². The molecule has 0 spiro atoms. The van der Waals surface area contributed by atoms with E-state index in [9.17, 15) is 9.59 Å². The third-order valence-corrected chi connectivity index (χ3v) is 4.97. The fraction of sp³-hybridized carbons (Fsp3) is 0.652. The second kappa shape index (κ2) is 14.4. The normalized spacial score (nSPS) is 13.0. The number of benzene rings is 1. The molecule has 0 aliphatic carbocycles. The third kappa shape index (κ3) is 10.7. The molecule has 0 fully saturated rings. The maximum Gasteiger partial charge on any atom is 0.340 e. The van der Waals surface area contributed by atoms with Gasteiger partial charge in [-0.2, -0.15) is 0 Å². The van der Waals surface area contributed by atoms with Gasteiger partial charge in [0.15, 0.2) is 0 Å². The lowest BCUT2D eigenvalue weighted by molar-refractivity contribution is -0.114. The van der Waals surface area contributed by atoms with Gasteiger partial charge >= 0.3 is 5.97 Å². The largest absolute Gasteiger partial charge is 0.459 e. The van der Waals surface area contributed by atoms with Crippen LogP contribution in [0.25, 0.3) is 0 Å². The van der Waals surface area contributed by atoms with Crippen molar-refractivity contribution in [1.29, 1.82) is 0 Å². The highest BCUT2D eigenvalue weighted by Crippen LogP contribution is 2.21. The topological polar surface area (TPSA) is 55.4 Å². The van der Waals surface area contributed by atoms with Crippen LogP contribution in [-0.2, 0) is 9.53 Å². The van der Waals surface area contributed by atoms with Crippen LogP contribution in [0, 0.1) is 0 Å². The lowest BCUT2D eigenvalue weighted by atomic mass is 10.0. The molecule has 4 nitrogen and oxygen atoms in total. The summed E-state index contributed by atoms with van der Waals surface area (Å²) in [5.41, 5.74) is 0.876. The number of carbonyl (C=O) groups excluding carboxylic acids is 2. The smallest absolute Gasteiger partial charge is 0.340 e. The fourth-order valence-electron chi connectivity index (χ4n) is 3.18. The number of amides is 1. The van der Waals surface area contributed by atoms with Gasteiger partial charge in [0.05, 0.1) is 11.3 Å². The van der Waals surface area contributed by atoms with Gasteiger partial charge in [0, 0.05) is 12.3 Å². The van der Waals surface area contributed by atoms with E-state index in [0.29, 0.717) is 11.3 Å². The highest BCUT2D eigenvalue weighted by molar-refractivity contribution is 6.20. The molecule has 0 saturated heterocycles. The van der Waals surface area contributed by atoms with Crippen molar-refractivity contribution in [2.45, 2.75) is 96.5 Å². The molecule has 1 amide bonds. The SMILES string of the molecule is CCCCCCCCCC(CCC(C)Cl)OC(=O)c1ccccc1NC(C)=O. The molecule has 2 atom stereocenters. The first-order valence-corrected chi connectivity index (χ1v) is 11.1. The minimum Gasteiger partial charge on any atom is -0.459 e. The van der Waals surface area contributed by atoms with Crippen LogP contribution in [0.15, 0.2) is 24.3 Å². The van der Waals surface area contributed by atoms with Crippen molar-refractivity contribution in [3.05, 3.63) is 29.8 Å². The number of rotatable bonds is 14. The number of nitrogens with one attached hydrogen (secondary N) is 1. The summed E-state index contributed by atoms with van der Waals surface area (Å²) in [5, 5.41) is 2.75. The number of ether oxygens (including phenoxy) is 1. The van der Waals surface area contributed by atoms with Gasteiger partial charge in [0.1, 0.15) is 6.10 Å². The number of esters is 1. The lowest BCUT2D eigenvalue weighted by Crippen LogP contribution is -2.21. The van der Waals surface area contributed by atoms with Gasteiger partial charge in [-0.25, -0.2) is 4.79 Å². The van der Waals surface area contributed by atoms with E-state index in [-0.39, 0.29) is 23.4 Å². The molecule has 0 aromatic heterocycles. The highest BCUT2D eigenvalue weighted by atomic mass is 35.5. The van der Waals surface area contributed by atoms with E-state index in [1.807, 2.05) is 6.92 Å². The van der Waals surface area contributed by atoms with Gasteiger partial charge in [0.2, 0.25) is 5.91 Å². The van der Waals surface area contributed by atoms with Gasteiger partial charge in [-0.3, -0.25) is 4.79 Å². The summed E-state index contributed by atoms with van der Waals surface area (Å²) < 4.78 is 5.81. The molecule has 2 unspecified atom stereocenters. The maximum absolute atomic E-state index is 12.7. The molecule has 0 saturated carbocycles. The molecule has 28 heavy (non-hydrogen) atoms. The Morgan fingerprint density at radius 2 is 1.64 bits per heavy atom. The van der Waals surface area contributed by atoms with Crippen molar-refractivity contribution in [3.63, 3.8) is 0 Å². The average Bonchev–Trinajstić information content (AvgIpc) is 2.64. The van der Waals surface area contributed by atoms with Gasteiger partial charge < -0.3 is 10.1 Å². The summed E-state index contributed by atoms with van der Waals surface area (Å²) in [6.07, 6.45) is 10.9. The zero-order chi connectivity index (χ0) is 20.8. The Balaban J connectivity index is 2.60. The summed E-state index contributed by atoms with van der Waals surface area (Å²) in [6, 6.07) is 6.95. The molecule has 158 valence electrons. The van der Waals surface area contributed by atoms with Crippen molar-refractivity contribution < 1.29 is 14.3 Å².